The van der Waals surface area contributed by atoms with E-state index in [-0.39, 0.29) is 0 Å². The molecule has 0 aromatic heterocycles. The Balaban J connectivity index is 0.00000145. The van der Waals surface area contributed by atoms with E-state index in [1.807, 2.05) is 6.92 Å². The summed E-state index contributed by atoms with van der Waals surface area (Å²) in [6, 6.07) is 20.1. The monoisotopic (exact) mass is 630 g/mol. The van der Waals surface area contributed by atoms with Crippen molar-refractivity contribution in [2.75, 3.05) is 0 Å². The lowest BCUT2D eigenvalue weighted by Crippen LogP contribution is -2.06. The molecule has 48 heavy (non-hydrogen) atoms. The van der Waals surface area contributed by atoms with Crippen LogP contribution in [0.3, 0.4) is 0 Å². The fraction of sp³-hybridized carbons (Fsp3) is 0.292. The topological polar surface area (TPSA) is 0 Å². The molecule has 0 aliphatic heterocycles. The van der Waals surface area contributed by atoms with Gasteiger partial charge in [0.15, 0.2) is 0 Å². The van der Waals surface area contributed by atoms with Crippen molar-refractivity contribution in [1.29, 1.82) is 0 Å². The summed E-state index contributed by atoms with van der Waals surface area (Å²) >= 11 is 0. The van der Waals surface area contributed by atoms with Crippen LogP contribution in [-0.2, 0) is 0 Å². The van der Waals surface area contributed by atoms with E-state index in [4.69, 9.17) is 0 Å². The third kappa shape index (κ3) is 5.31. The summed E-state index contributed by atoms with van der Waals surface area (Å²) in [6.45, 7) is 35.6. The molecule has 0 amide bonds. The Labute approximate surface area is 290 Å². The van der Waals surface area contributed by atoms with E-state index in [9.17, 15) is 0 Å². The smallest absolute Gasteiger partial charge is 0.00151 e. The molecule has 0 bridgehead atoms. The number of hydrogen-bond donors (Lipinski definition) is 0. The van der Waals surface area contributed by atoms with E-state index in [0.717, 1.165) is 0 Å². The molecule has 0 aliphatic rings. The van der Waals surface area contributed by atoms with E-state index in [1.165, 1.54) is 127 Å². The predicted octanol–water partition coefficient (Wildman–Crippen LogP) is 14.2. The van der Waals surface area contributed by atoms with Crippen LogP contribution in [-0.4, -0.2) is 0 Å². The lowest BCUT2D eigenvalue weighted by Gasteiger charge is -2.29. The van der Waals surface area contributed by atoms with Gasteiger partial charge in [0.2, 0.25) is 0 Å². The van der Waals surface area contributed by atoms with Crippen molar-refractivity contribution in [2.45, 2.75) is 96.9 Å². The van der Waals surface area contributed by atoms with E-state index < -0.39 is 0 Å². The molecule has 0 atom stereocenters. The molecule has 0 nitrogen and oxygen atoms in total. The van der Waals surface area contributed by atoms with E-state index in [1.54, 1.807) is 6.08 Å². The molecule has 0 saturated carbocycles. The van der Waals surface area contributed by atoms with Gasteiger partial charge in [-0.2, -0.15) is 0 Å². The fourth-order valence-electron chi connectivity index (χ4n) is 8.00. The SMILES string of the molecule is C=CC.Cc1c(C)c(C)c(-c2c3c(C)c(C)c(C)c(C)c3c(-c3ccc(-c4ccccc4)cc3)c3c(C)c(C)c(C)c(C)c23)c(C)c1C. The van der Waals surface area contributed by atoms with Crippen LogP contribution in [0.25, 0.3) is 54.9 Å². The van der Waals surface area contributed by atoms with Gasteiger partial charge in [0, 0.05) is 0 Å². The van der Waals surface area contributed by atoms with Crippen LogP contribution in [0.2, 0.25) is 0 Å². The first kappa shape index (κ1) is 34.9. The van der Waals surface area contributed by atoms with Crippen LogP contribution < -0.4 is 0 Å². The van der Waals surface area contributed by atoms with Gasteiger partial charge < -0.3 is 0 Å². The first-order valence-corrected chi connectivity index (χ1v) is 17.5. The largest absolute Gasteiger partial charge is 0.103 e. The molecule has 0 radical (unpaired) electrons. The highest BCUT2D eigenvalue weighted by Crippen LogP contribution is 2.52. The average molecular weight is 631 g/mol. The quantitative estimate of drug-likeness (QED) is 0.135. The Bertz CT molecular complexity index is 2130. The summed E-state index contributed by atoms with van der Waals surface area (Å²) in [5, 5.41) is 5.66. The standard InChI is InChI=1S/C45H48.C3H6/c1-23-24(2)30(8)39(31(9)25(23)3)45-42-34(12)28(6)26(4)32(10)40(42)44(41-33(11)27(5)29(7)35(13)43(41)45)38-21-19-37(20-22-38)36-17-15-14-16-18-36;1-3-2/h14-22H,1-13H3;3H,1H2,2H3. The van der Waals surface area contributed by atoms with Crippen molar-refractivity contribution in [2.24, 2.45) is 0 Å². The first-order valence-electron chi connectivity index (χ1n) is 17.5. The van der Waals surface area contributed by atoms with Crippen molar-refractivity contribution in [3.05, 3.63) is 140 Å². The molecular formula is C48H54. The molecular weight excluding hydrogens is 577 g/mol. The summed E-state index contributed by atoms with van der Waals surface area (Å²) < 4.78 is 0. The second kappa shape index (κ2) is 13.2. The molecule has 0 heteroatoms. The van der Waals surface area contributed by atoms with Crippen molar-refractivity contribution in [3.63, 3.8) is 0 Å². The van der Waals surface area contributed by atoms with Crippen molar-refractivity contribution >= 4 is 21.5 Å². The van der Waals surface area contributed by atoms with Gasteiger partial charge in [-0.1, -0.05) is 60.7 Å². The maximum atomic E-state index is 3.36. The summed E-state index contributed by atoms with van der Waals surface area (Å²) in [4.78, 5) is 0. The number of benzene rings is 6. The highest BCUT2D eigenvalue weighted by Gasteiger charge is 2.28. The Kier molecular flexibility index (Phi) is 9.62. The summed E-state index contributed by atoms with van der Waals surface area (Å²) in [7, 11) is 0. The number of allylic oxidation sites excluding steroid dienone is 1. The zero-order valence-electron chi connectivity index (χ0n) is 32.0. The average Bonchev–Trinajstić information content (AvgIpc) is 3.09. The minimum Gasteiger partial charge on any atom is -0.103 e. The van der Waals surface area contributed by atoms with Crippen LogP contribution in [0.15, 0.2) is 67.3 Å². The molecule has 0 N–H and O–H groups in total. The zero-order chi connectivity index (χ0) is 35.4. The Hall–Kier alpha value is -4.42. The van der Waals surface area contributed by atoms with Crippen LogP contribution in [0, 0.1) is 90.0 Å². The highest BCUT2D eigenvalue weighted by molar-refractivity contribution is 6.25. The number of rotatable bonds is 3. The van der Waals surface area contributed by atoms with Crippen LogP contribution in [0.4, 0.5) is 0 Å². The summed E-state index contributed by atoms with van der Waals surface area (Å²) in [5.41, 5.74) is 26.3. The van der Waals surface area contributed by atoms with Gasteiger partial charge in [0.05, 0.1) is 0 Å². The van der Waals surface area contributed by atoms with Gasteiger partial charge in [0.1, 0.15) is 0 Å². The molecule has 0 fully saturated rings. The van der Waals surface area contributed by atoms with E-state index >= 15 is 0 Å². The van der Waals surface area contributed by atoms with E-state index in [2.05, 4.69) is 151 Å². The predicted molar refractivity (Wildman–Crippen MR) is 215 cm³/mol. The molecule has 0 saturated heterocycles. The Morgan fingerprint density at radius 2 is 0.583 bits per heavy atom. The molecule has 0 unspecified atom stereocenters. The Morgan fingerprint density at radius 1 is 0.312 bits per heavy atom. The third-order valence-corrected chi connectivity index (χ3v) is 11.9. The number of fused-ring (bicyclic) bond motifs is 2. The van der Waals surface area contributed by atoms with Gasteiger partial charge in [-0.15, -0.1) is 6.58 Å². The van der Waals surface area contributed by atoms with Gasteiger partial charge in [-0.25, -0.2) is 0 Å². The fourth-order valence-corrected chi connectivity index (χ4v) is 8.00. The van der Waals surface area contributed by atoms with Gasteiger partial charge in [0.25, 0.3) is 0 Å². The van der Waals surface area contributed by atoms with E-state index in [0.29, 0.717) is 0 Å². The zero-order valence-corrected chi connectivity index (χ0v) is 32.0. The van der Waals surface area contributed by atoms with Gasteiger partial charge in [-0.3, -0.25) is 0 Å². The van der Waals surface area contributed by atoms with Crippen LogP contribution in [0.5, 0.6) is 0 Å². The van der Waals surface area contributed by atoms with Gasteiger partial charge in [-0.05, 0) is 224 Å². The molecule has 0 aliphatic carbocycles. The molecule has 6 rings (SSSR count). The summed E-state index contributed by atoms with van der Waals surface area (Å²) in [5.74, 6) is 0. The second-order valence-corrected chi connectivity index (χ2v) is 14.1. The minimum atomic E-state index is 1.25. The number of aryl methyl sites for hydroxylation is 4. The third-order valence-electron chi connectivity index (χ3n) is 11.9. The maximum Gasteiger partial charge on any atom is -0.00151 e. The Morgan fingerprint density at radius 3 is 0.958 bits per heavy atom. The van der Waals surface area contributed by atoms with Crippen molar-refractivity contribution < 1.29 is 0 Å². The second-order valence-electron chi connectivity index (χ2n) is 14.1. The molecule has 246 valence electrons. The lowest BCUT2D eigenvalue weighted by molar-refractivity contribution is 1.18. The molecule has 6 aromatic carbocycles. The molecule has 6 aromatic rings. The first-order chi connectivity index (χ1) is 22.7. The van der Waals surface area contributed by atoms with Crippen LogP contribution >= 0.6 is 0 Å². The van der Waals surface area contributed by atoms with Gasteiger partial charge >= 0.3 is 0 Å². The highest BCUT2D eigenvalue weighted by atomic mass is 14.3. The summed E-state index contributed by atoms with van der Waals surface area (Å²) in [6.07, 6.45) is 1.75. The van der Waals surface area contributed by atoms with Crippen LogP contribution in [0.1, 0.15) is 79.2 Å². The number of hydrogen-bond acceptors (Lipinski definition) is 0. The minimum absolute atomic E-state index is 1.25. The van der Waals surface area contributed by atoms with Crippen molar-refractivity contribution in [1.82, 2.24) is 0 Å². The maximum absolute atomic E-state index is 3.36. The van der Waals surface area contributed by atoms with Crippen molar-refractivity contribution in [3.8, 4) is 33.4 Å². The molecule has 0 heterocycles. The normalized spacial score (nSPS) is 11.2. The molecule has 0 spiro atoms. The lowest BCUT2D eigenvalue weighted by atomic mass is 9.74.